The van der Waals surface area contributed by atoms with Crippen molar-refractivity contribution in [1.29, 1.82) is 0 Å². The van der Waals surface area contributed by atoms with Crippen molar-refractivity contribution >= 4 is 43.5 Å². The lowest BCUT2D eigenvalue weighted by Gasteiger charge is -2.07. The molecule has 2 rings (SSSR count). The Balaban J connectivity index is 2.18. The van der Waals surface area contributed by atoms with Gasteiger partial charge in [-0.1, -0.05) is 44.0 Å². The Labute approximate surface area is 127 Å². The van der Waals surface area contributed by atoms with Crippen LogP contribution in [0.4, 0.5) is 10.1 Å². The Hall–Kier alpha value is -1.20. The summed E-state index contributed by atoms with van der Waals surface area (Å²) in [7, 11) is 0. The monoisotopic (exact) mass is 385 g/mol. The number of nitrogens with one attached hydrogen (secondary N) is 1. The molecule has 0 heterocycles. The first kappa shape index (κ1) is 14.2. The third-order valence-corrected chi connectivity index (χ3v) is 3.68. The normalized spacial score (nSPS) is 10.3. The molecule has 5 heteroatoms. The molecule has 0 saturated carbocycles. The molecule has 19 heavy (non-hydrogen) atoms. The quantitative estimate of drug-likeness (QED) is 0.758. The highest BCUT2D eigenvalue weighted by Crippen LogP contribution is 2.18. The Bertz CT molecular complexity index is 599. The van der Waals surface area contributed by atoms with Crippen molar-refractivity contribution in [3.63, 3.8) is 0 Å². The third-order valence-electron chi connectivity index (χ3n) is 2.54. The molecule has 98 valence electrons. The fraction of sp³-hybridized carbons (Fsp3) is 0.0714. The summed E-state index contributed by atoms with van der Waals surface area (Å²) in [4.78, 5) is 12.0. The minimum absolute atomic E-state index is 0.0129. The van der Waals surface area contributed by atoms with Crippen LogP contribution in [0.2, 0.25) is 0 Å². The zero-order chi connectivity index (χ0) is 13.8. The standard InChI is InChI=1S/C14H10Br2FNO/c15-8-9-1-4-11(5-2-9)18-14(19)12-7-10(16)3-6-13(12)17/h1-7H,8H2,(H,18,19). The van der Waals surface area contributed by atoms with Gasteiger partial charge in [0.2, 0.25) is 0 Å². The van der Waals surface area contributed by atoms with E-state index in [0.29, 0.717) is 10.2 Å². The Morgan fingerprint density at radius 3 is 2.47 bits per heavy atom. The first-order chi connectivity index (χ1) is 9.10. The number of halogens is 3. The molecule has 0 fully saturated rings. The summed E-state index contributed by atoms with van der Waals surface area (Å²) in [6.07, 6.45) is 0. The number of benzene rings is 2. The van der Waals surface area contributed by atoms with Gasteiger partial charge in [-0.05, 0) is 35.9 Å². The van der Waals surface area contributed by atoms with Crippen LogP contribution in [0.3, 0.4) is 0 Å². The van der Waals surface area contributed by atoms with Crippen molar-refractivity contribution in [3.8, 4) is 0 Å². The van der Waals surface area contributed by atoms with Crippen LogP contribution >= 0.6 is 31.9 Å². The predicted molar refractivity (Wildman–Crippen MR) is 81.1 cm³/mol. The first-order valence-electron chi connectivity index (χ1n) is 5.51. The minimum Gasteiger partial charge on any atom is -0.322 e. The van der Waals surface area contributed by atoms with Crippen molar-refractivity contribution in [2.45, 2.75) is 5.33 Å². The van der Waals surface area contributed by atoms with Gasteiger partial charge in [-0.2, -0.15) is 0 Å². The van der Waals surface area contributed by atoms with Crippen molar-refractivity contribution < 1.29 is 9.18 Å². The molecule has 2 aromatic rings. The number of carbonyl (C=O) groups excluding carboxylic acids is 1. The van der Waals surface area contributed by atoms with E-state index in [-0.39, 0.29) is 5.56 Å². The number of alkyl halides is 1. The highest BCUT2D eigenvalue weighted by atomic mass is 79.9. The minimum atomic E-state index is -0.544. The van der Waals surface area contributed by atoms with Gasteiger partial charge in [-0.25, -0.2) is 4.39 Å². The molecule has 1 amide bonds. The van der Waals surface area contributed by atoms with Crippen LogP contribution in [0.15, 0.2) is 46.9 Å². The lowest BCUT2D eigenvalue weighted by Crippen LogP contribution is -2.13. The predicted octanol–water partition coefficient (Wildman–Crippen LogP) is 4.74. The highest BCUT2D eigenvalue weighted by molar-refractivity contribution is 9.10. The smallest absolute Gasteiger partial charge is 0.258 e. The van der Waals surface area contributed by atoms with Gasteiger partial charge in [0.05, 0.1) is 5.56 Å². The molecule has 0 spiro atoms. The number of rotatable bonds is 3. The molecule has 0 aliphatic heterocycles. The fourth-order valence-electron chi connectivity index (χ4n) is 1.55. The molecule has 0 aliphatic carbocycles. The molecule has 2 aromatic carbocycles. The Morgan fingerprint density at radius 2 is 1.84 bits per heavy atom. The van der Waals surface area contributed by atoms with Gasteiger partial charge in [-0.15, -0.1) is 0 Å². The van der Waals surface area contributed by atoms with Crippen LogP contribution in [0.1, 0.15) is 15.9 Å². The van der Waals surface area contributed by atoms with Gasteiger partial charge in [0, 0.05) is 15.5 Å². The summed E-state index contributed by atoms with van der Waals surface area (Å²) in [5, 5.41) is 3.41. The summed E-state index contributed by atoms with van der Waals surface area (Å²) in [6.45, 7) is 0. The molecule has 0 radical (unpaired) electrons. The second-order valence-electron chi connectivity index (χ2n) is 3.91. The Kier molecular flexibility index (Phi) is 4.71. The number of amides is 1. The summed E-state index contributed by atoms with van der Waals surface area (Å²) < 4.78 is 14.2. The maximum atomic E-state index is 13.6. The van der Waals surface area contributed by atoms with E-state index in [4.69, 9.17) is 0 Å². The van der Waals surface area contributed by atoms with E-state index in [1.807, 2.05) is 12.1 Å². The lowest BCUT2D eigenvalue weighted by atomic mass is 10.2. The molecule has 0 unspecified atom stereocenters. The van der Waals surface area contributed by atoms with E-state index < -0.39 is 11.7 Å². The Morgan fingerprint density at radius 1 is 1.16 bits per heavy atom. The summed E-state index contributed by atoms with van der Waals surface area (Å²) in [5.41, 5.74) is 1.75. The molecular weight excluding hydrogens is 377 g/mol. The van der Waals surface area contributed by atoms with E-state index in [1.54, 1.807) is 18.2 Å². The van der Waals surface area contributed by atoms with Crippen LogP contribution in [0, 0.1) is 5.82 Å². The summed E-state index contributed by atoms with van der Waals surface area (Å²) >= 11 is 6.56. The van der Waals surface area contributed by atoms with Crippen LogP contribution in [0.25, 0.3) is 0 Å². The maximum Gasteiger partial charge on any atom is 0.258 e. The van der Waals surface area contributed by atoms with E-state index in [1.165, 1.54) is 12.1 Å². The molecule has 0 atom stereocenters. The van der Waals surface area contributed by atoms with Gasteiger partial charge < -0.3 is 5.32 Å². The SMILES string of the molecule is O=C(Nc1ccc(CBr)cc1)c1cc(Br)ccc1F. The second-order valence-corrected chi connectivity index (χ2v) is 5.39. The first-order valence-corrected chi connectivity index (χ1v) is 7.43. The van der Waals surface area contributed by atoms with Gasteiger partial charge in [0.25, 0.3) is 5.91 Å². The van der Waals surface area contributed by atoms with Gasteiger partial charge in [0.15, 0.2) is 0 Å². The molecule has 1 N–H and O–H groups in total. The topological polar surface area (TPSA) is 29.1 Å². The van der Waals surface area contributed by atoms with E-state index >= 15 is 0 Å². The van der Waals surface area contributed by atoms with Crippen LogP contribution in [-0.2, 0) is 5.33 Å². The highest BCUT2D eigenvalue weighted by Gasteiger charge is 2.12. The van der Waals surface area contributed by atoms with Crippen molar-refractivity contribution in [2.24, 2.45) is 0 Å². The maximum absolute atomic E-state index is 13.6. The van der Waals surface area contributed by atoms with Crippen LogP contribution in [0.5, 0.6) is 0 Å². The van der Waals surface area contributed by atoms with Crippen molar-refractivity contribution in [1.82, 2.24) is 0 Å². The van der Waals surface area contributed by atoms with Gasteiger partial charge >= 0.3 is 0 Å². The summed E-state index contributed by atoms with van der Waals surface area (Å²) in [5.74, 6) is -1.01. The summed E-state index contributed by atoms with van der Waals surface area (Å²) in [6, 6.07) is 11.6. The van der Waals surface area contributed by atoms with E-state index in [0.717, 1.165) is 10.9 Å². The molecular formula is C14H10Br2FNO. The zero-order valence-corrected chi connectivity index (χ0v) is 13.0. The van der Waals surface area contributed by atoms with Crippen molar-refractivity contribution in [3.05, 3.63) is 63.9 Å². The number of hydrogen-bond acceptors (Lipinski definition) is 1. The van der Waals surface area contributed by atoms with Crippen LogP contribution < -0.4 is 5.32 Å². The van der Waals surface area contributed by atoms with Gasteiger partial charge in [0.1, 0.15) is 5.82 Å². The molecule has 2 nitrogen and oxygen atoms in total. The third kappa shape index (κ3) is 3.64. The molecule has 0 aliphatic rings. The van der Waals surface area contributed by atoms with E-state index in [2.05, 4.69) is 37.2 Å². The molecule has 0 aromatic heterocycles. The second kappa shape index (κ2) is 6.30. The zero-order valence-electron chi connectivity index (χ0n) is 9.79. The number of anilines is 1. The lowest BCUT2D eigenvalue weighted by molar-refractivity contribution is 0.102. The fourth-order valence-corrected chi connectivity index (χ4v) is 2.28. The van der Waals surface area contributed by atoms with E-state index in [9.17, 15) is 9.18 Å². The largest absolute Gasteiger partial charge is 0.322 e. The number of carbonyl (C=O) groups is 1. The number of hydrogen-bond donors (Lipinski definition) is 1. The average Bonchev–Trinajstić information content (AvgIpc) is 2.42. The van der Waals surface area contributed by atoms with Crippen molar-refractivity contribution in [2.75, 3.05) is 5.32 Å². The van der Waals surface area contributed by atoms with Gasteiger partial charge in [-0.3, -0.25) is 4.79 Å². The molecule has 0 saturated heterocycles. The van der Waals surface area contributed by atoms with Crippen LogP contribution in [-0.4, -0.2) is 5.91 Å². The molecule has 0 bridgehead atoms. The average molecular weight is 387 g/mol.